The van der Waals surface area contributed by atoms with E-state index in [0.29, 0.717) is 12.2 Å². The Morgan fingerprint density at radius 1 is 1.14 bits per heavy atom. The topological polar surface area (TPSA) is 84.9 Å². The van der Waals surface area contributed by atoms with Gasteiger partial charge >= 0.3 is 18.1 Å². The van der Waals surface area contributed by atoms with E-state index in [1.54, 1.807) is 12.1 Å². The number of esters is 1. The number of para-hydroxylation sites is 1. The quantitative estimate of drug-likeness (QED) is 0.757. The third kappa shape index (κ3) is 5.46. The van der Waals surface area contributed by atoms with Gasteiger partial charge < -0.3 is 19.9 Å². The van der Waals surface area contributed by atoms with Crippen LogP contribution in [0, 0.1) is 0 Å². The third-order valence-electron chi connectivity index (χ3n) is 3.80. The molecule has 1 aliphatic rings. The normalized spacial score (nSPS) is 13.1. The predicted molar refractivity (Wildman–Crippen MR) is 94.1 cm³/mol. The van der Waals surface area contributed by atoms with E-state index in [9.17, 15) is 18.0 Å². The first-order valence-corrected chi connectivity index (χ1v) is 8.18. The minimum atomic E-state index is -5.08. The third-order valence-corrected chi connectivity index (χ3v) is 3.80. The number of ether oxygens (including phenoxy) is 2. The van der Waals surface area contributed by atoms with Crippen molar-refractivity contribution in [1.29, 1.82) is 0 Å². The van der Waals surface area contributed by atoms with Gasteiger partial charge in [0, 0.05) is 24.2 Å². The van der Waals surface area contributed by atoms with Gasteiger partial charge in [-0.05, 0) is 17.7 Å². The van der Waals surface area contributed by atoms with Crippen molar-refractivity contribution in [3.05, 3.63) is 53.6 Å². The molecule has 28 heavy (non-hydrogen) atoms. The predicted octanol–water partition coefficient (Wildman–Crippen LogP) is 3.26. The highest BCUT2D eigenvalue weighted by molar-refractivity contribution is 5.90. The Bertz CT molecular complexity index is 834. The summed E-state index contributed by atoms with van der Waals surface area (Å²) in [6.45, 7) is 2.31. The maximum absolute atomic E-state index is 11.5. The molecule has 1 heterocycles. The minimum absolute atomic E-state index is 0.325. The van der Waals surface area contributed by atoms with E-state index >= 15 is 0 Å². The zero-order valence-electron chi connectivity index (χ0n) is 14.9. The van der Waals surface area contributed by atoms with Crippen molar-refractivity contribution in [3.8, 4) is 16.9 Å². The average Bonchev–Trinajstić information content (AvgIpc) is 2.92. The van der Waals surface area contributed by atoms with Crippen LogP contribution in [0.25, 0.3) is 11.1 Å². The largest absolute Gasteiger partial charge is 0.491 e. The number of carbonyl (C=O) groups is 2. The first kappa shape index (κ1) is 21.2. The molecule has 0 saturated heterocycles. The number of aliphatic carboxylic acids is 1. The molecule has 0 bridgehead atoms. The number of benzene rings is 2. The molecule has 0 aliphatic carbocycles. The first-order valence-electron chi connectivity index (χ1n) is 8.18. The molecule has 0 unspecified atom stereocenters. The number of carboxylic acids is 1. The lowest BCUT2D eigenvalue weighted by atomic mass is 10.00. The number of carbonyl (C=O) groups excluding carboxylic acids is 1. The molecule has 1 aliphatic heterocycles. The second-order valence-corrected chi connectivity index (χ2v) is 5.69. The van der Waals surface area contributed by atoms with Crippen LogP contribution in [-0.4, -0.2) is 43.5 Å². The fraction of sp³-hybridized carbons (Fsp3) is 0.263. The summed E-state index contributed by atoms with van der Waals surface area (Å²) < 4.78 is 42.3. The summed E-state index contributed by atoms with van der Waals surface area (Å²) in [5.74, 6) is -2.16. The molecule has 0 aromatic heterocycles. The Hall–Kier alpha value is -3.07. The molecule has 3 rings (SSSR count). The van der Waals surface area contributed by atoms with E-state index in [1.165, 1.54) is 7.11 Å². The zero-order valence-corrected chi connectivity index (χ0v) is 14.9. The Morgan fingerprint density at radius 2 is 1.79 bits per heavy atom. The van der Waals surface area contributed by atoms with Gasteiger partial charge in [-0.1, -0.05) is 30.3 Å². The summed E-state index contributed by atoms with van der Waals surface area (Å²) in [5.41, 5.74) is 3.78. The molecule has 6 nitrogen and oxygen atoms in total. The molecule has 0 spiro atoms. The number of methoxy groups -OCH3 is 1. The fourth-order valence-electron chi connectivity index (χ4n) is 2.47. The van der Waals surface area contributed by atoms with Crippen LogP contribution in [0.2, 0.25) is 0 Å². The van der Waals surface area contributed by atoms with Crippen molar-refractivity contribution in [2.75, 3.05) is 20.3 Å². The Balaban J connectivity index is 0.000000345. The number of carboxylic acid groups (broad SMARTS) is 1. The van der Waals surface area contributed by atoms with E-state index in [-0.39, 0.29) is 5.97 Å². The molecule has 0 saturated carbocycles. The molecule has 0 atom stereocenters. The van der Waals surface area contributed by atoms with Crippen molar-refractivity contribution >= 4 is 11.9 Å². The highest BCUT2D eigenvalue weighted by Gasteiger charge is 2.38. The maximum atomic E-state index is 11.5. The molecule has 0 radical (unpaired) electrons. The van der Waals surface area contributed by atoms with Gasteiger partial charge in [-0.3, -0.25) is 0 Å². The summed E-state index contributed by atoms with van der Waals surface area (Å²) in [5, 5.41) is 10.5. The second-order valence-electron chi connectivity index (χ2n) is 5.69. The second kappa shape index (κ2) is 9.23. The number of fused-ring (bicyclic) bond motifs is 1. The Morgan fingerprint density at radius 3 is 2.36 bits per heavy atom. The molecule has 0 amide bonds. The molecule has 9 heteroatoms. The zero-order chi connectivity index (χ0) is 20.7. The number of hydrogen-bond acceptors (Lipinski definition) is 5. The van der Waals surface area contributed by atoms with Crippen molar-refractivity contribution in [1.82, 2.24) is 5.32 Å². The number of alkyl halides is 3. The van der Waals surface area contributed by atoms with Crippen molar-refractivity contribution < 1.29 is 37.3 Å². The number of halogens is 3. The minimum Gasteiger partial charge on any atom is -0.491 e. The van der Waals surface area contributed by atoms with Gasteiger partial charge in [0.25, 0.3) is 0 Å². The summed E-state index contributed by atoms with van der Waals surface area (Å²) in [6, 6.07) is 13.5. The van der Waals surface area contributed by atoms with Crippen LogP contribution in [0.5, 0.6) is 5.75 Å². The molecule has 0 fully saturated rings. The fourth-order valence-corrected chi connectivity index (χ4v) is 2.47. The Labute approximate surface area is 158 Å². The summed E-state index contributed by atoms with van der Waals surface area (Å²) in [7, 11) is 1.38. The van der Waals surface area contributed by atoms with Crippen LogP contribution < -0.4 is 10.1 Å². The van der Waals surface area contributed by atoms with E-state index in [4.69, 9.17) is 19.4 Å². The molecule has 2 N–H and O–H groups in total. The van der Waals surface area contributed by atoms with Crippen LogP contribution in [0.3, 0.4) is 0 Å². The molecule has 2 aromatic rings. The Kier molecular flexibility index (Phi) is 7.00. The summed E-state index contributed by atoms with van der Waals surface area (Å²) in [6.07, 6.45) is -5.08. The SMILES string of the molecule is COC(=O)c1ccc(-c2cccc3c2OCCNC3)cc1.O=C(O)C(F)(F)F. The summed E-state index contributed by atoms with van der Waals surface area (Å²) >= 11 is 0. The van der Waals surface area contributed by atoms with E-state index < -0.39 is 12.1 Å². The van der Waals surface area contributed by atoms with Gasteiger partial charge in [0.1, 0.15) is 12.4 Å². The van der Waals surface area contributed by atoms with Crippen LogP contribution in [-0.2, 0) is 16.1 Å². The van der Waals surface area contributed by atoms with Gasteiger partial charge in [0.15, 0.2) is 0 Å². The van der Waals surface area contributed by atoms with E-state index in [0.717, 1.165) is 35.5 Å². The molecule has 2 aromatic carbocycles. The summed E-state index contributed by atoms with van der Waals surface area (Å²) in [4.78, 5) is 20.4. The van der Waals surface area contributed by atoms with Crippen LogP contribution in [0.15, 0.2) is 42.5 Å². The van der Waals surface area contributed by atoms with Gasteiger partial charge in [-0.2, -0.15) is 13.2 Å². The average molecular weight is 397 g/mol. The lowest BCUT2D eigenvalue weighted by molar-refractivity contribution is -0.192. The number of hydrogen-bond donors (Lipinski definition) is 2. The highest BCUT2D eigenvalue weighted by atomic mass is 19.4. The smallest absolute Gasteiger partial charge is 0.490 e. The number of nitrogens with one attached hydrogen (secondary N) is 1. The van der Waals surface area contributed by atoms with Crippen molar-refractivity contribution in [3.63, 3.8) is 0 Å². The van der Waals surface area contributed by atoms with Crippen LogP contribution in [0.4, 0.5) is 13.2 Å². The monoisotopic (exact) mass is 397 g/mol. The van der Waals surface area contributed by atoms with Crippen LogP contribution >= 0.6 is 0 Å². The molecule has 150 valence electrons. The van der Waals surface area contributed by atoms with Crippen LogP contribution in [0.1, 0.15) is 15.9 Å². The maximum Gasteiger partial charge on any atom is 0.490 e. The molecular formula is C19H18F3NO5. The first-order chi connectivity index (χ1) is 13.2. The standard InChI is InChI=1S/C17H17NO3.C2HF3O2/c1-20-17(19)13-7-5-12(6-8-13)15-4-2-3-14-11-18-9-10-21-16(14)15;3-2(4,5)1(6)7/h2-8,18H,9-11H2,1H3;(H,6,7). The van der Waals surface area contributed by atoms with Crippen molar-refractivity contribution in [2.45, 2.75) is 12.7 Å². The van der Waals surface area contributed by atoms with Gasteiger partial charge in [-0.25, -0.2) is 9.59 Å². The molecular weight excluding hydrogens is 379 g/mol. The number of rotatable bonds is 2. The van der Waals surface area contributed by atoms with E-state index in [1.807, 2.05) is 24.3 Å². The van der Waals surface area contributed by atoms with E-state index in [2.05, 4.69) is 11.4 Å². The van der Waals surface area contributed by atoms with Gasteiger partial charge in [-0.15, -0.1) is 0 Å². The van der Waals surface area contributed by atoms with Crippen molar-refractivity contribution in [2.24, 2.45) is 0 Å². The van der Waals surface area contributed by atoms with Gasteiger partial charge in [0.2, 0.25) is 0 Å². The lowest BCUT2D eigenvalue weighted by Gasteiger charge is -2.13. The highest BCUT2D eigenvalue weighted by Crippen LogP contribution is 2.34. The van der Waals surface area contributed by atoms with Gasteiger partial charge in [0.05, 0.1) is 12.7 Å². The lowest BCUT2D eigenvalue weighted by Crippen LogP contribution is -2.21.